The fourth-order valence-corrected chi connectivity index (χ4v) is 3.35. The fraction of sp³-hybridized carbons (Fsp3) is 0.238. The van der Waals surface area contributed by atoms with Crippen molar-refractivity contribution in [3.05, 3.63) is 70.7 Å². The van der Waals surface area contributed by atoms with Crippen LogP contribution in [0.25, 0.3) is 5.69 Å². The van der Waals surface area contributed by atoms with Gasteiger partial charge in [-0.2, -0.15) is 5.10 Å². The van der Waals surface area contributed by atoms with Crippen LogP contribution < -0.4 is 10.6 Å². The second kappa shape index (κ2) is 10.3. The molecule has 0 saturated carbocycles. The van der Waals surface area contributed by atoms with E-state index in [4.69, 9.17) is 0 Å². The zero-order chi connectivity index (χ0) is 20.5. The molecule has 0 atom stereocenters. The molecule has 0 radical (unpaired) electrons. The summed E-state index contributed by atoms with van der Waals surface area (Å²) in [6.07, 6.45) is 4.04. The first kappa shape index (κ1) is 20.5. The minimum Gasteiger partial charge on any atom is -0.356 e. The van der Waals surface area contributed by atoms with Crippen LogP contribution in [0, 0.1) is 0 Å². The van der Waals surface area contributed by atoms with Gasteiger partial charge in [-0.3, -0.25) is 14.4 Å². The van der Waals surface area contributed by atoms with Gasteiger partial charge in [0, 0.05) is 44.1 Å². The number of Topliss-reactive ketones (excluding diaryl/α,β-unsaturated/α-hetero) is 1. The molecule has 0 aliphatic carbocycles. The zero-order valence-corrected chi connectivity index (χ0v) is 16.7. The highest BCUT2D eigenvalue weighted by Crippen LogP contribution is 2.12. The molecular formula is C21H22N4O3S. The van der Waals surface area contributed by atoms with Crippen LogP contribution in [0.4, 0.5) is 0 Å². The van der Waals surface area contributed by atoms with E-state index in [1.807, 2.05) is 48.0 Å². The van der Waals surface area contributed by atoms with Crippen molar-refractivity contribution in [1.29, 1.82) is 0 Å². The highest BCUT2D eigenvalue weighted by Gasteiger charge is 2.10. The number of carbonyl (C=O) groups excluding carboxylic acids is 3. The predicted molar refractivity (Wildman–Crippen MR) is 111 cm³/mol. The van der Waals surface area contributed by atoms with Crippen LogP contribution in [0.3, 0.4) is 0 Å². The zero-order valence-electron chi connectivity index (χ0n) is 15.8. The molecule has 8 heteroatoms. The van der Waals surface area contributed by atoms with E-state index in [2.05, 4.69) is 15.7 Å². The van der Waals surface area contributed by atoms with E-state index in [-0.39, 0.29) is 43.4 Å². The van der Waals surface area contributed by atoms with Gasteiger partial charge >= 0.3 is 0 Å². The lowest BCUT2D eigenvalue weighted by Crippen LogP contribution is -2.30. The molecule has 150 valence electrons. The summed E-state index contributed by atoms with van der Waals surface area (Å²) in [5.74, 6) is -0.428. The second-order valence-corrected chi connectivity index (χ2v) is 7.35. The highest BCUT2D eigenvalue weighted by molar-refractivity contribution is 7.12. The largest absolute Gasteiger partial charge is 0.356 e. The van der Waals surface area contributed by atoms with E-state index < -0.39 is 0 Å². The van der Waals surface area contributed by atoms with Crippen LogP contribution in [0.5, 0.6) is 0 Å². The Morgan fingerprint density at radius 3 is 2.48 bits per heavy atom. The summed E-state index contributed by atoms with van der Waals surface area (Å²) in [7, 11) is 0. The molecule has 7 nitrogen and oxygen atoms in total. The van der Waals surface area contributed by atoms with Crippen molar-refractivity contribution in [2.75, 3.05) is 6.54 Å². The lowest BCUT2D eigenvalue weighted by Gasteiger charge is -2.06. The van der Waals surface area contributed by atoms with Gasteiger partial charge in [-0.1, -0.05) is 24.3 Å². The molecule has 3 rings (SSSR count). The van der Waals surface area contributed by atoms with E-state index >= 15 is 0 Å². The fourth-order valence-electron chi connectivity index (χ4n) is 2.65. The third-order valence-electron chi connectivity index (χ3n) is 4.20. The van der Waals surface area contributed by atoms with Crippen molar-refractivity contribution in [2.24, 2.45) is 0 Å². The normalized spacial score (nSPS) is 10.5. The second-order valence-electron chi connectivity index (χ2n) is 6.41. The number of amides is 2. The van der Waals surface area contributed by atoms with Crippen molar-refractivity contribution in [2.45, 2.75) is 25.8 Å². The Morgan fingerprint density at radius 2 is 1.72 bits per heavy atom. The van der Waals surface area contributed by atoms with Crippen LogP contribution in [0.1, 0.15) is 34.5 Å². The van der Waals surface area contributed by atoms with Gasteiger partial charge in [0.25, 0.3) is 0 Å². The Balaban J connectivity index is 1.31. The summed E-state index contributed by atoms with van der Waals surface area (Å²) >= 11 is 1.37. The summed E-state index contributed by atoms with van der Waals surface area (Å²) in [6.45, 7) is 0.607. The van der Waals surface area contributed by atoms with E-state index in [9.17, 15) is 14.4 Å². The number of ketones is 1. The van der Waals surface area contributed by atoms with E-state index in [1.54, 1.807) is 16.9 Å². The van der Waals surface area contributed by atoms with Crippen molar-refractivity contribution in [1.82, 2.24) is 20.4 Å². The number of hydrogen-bond acceptors (Lipinski definition) is 5. The summed E-state index contributed by atoms with van der Waals surface area (Å²) in [5, 5.41) is 11.6. The number of hydrogen-bond donors (Lipinski definition) is 2. The molecular weight excluding hydrogens is 388 g/mol. The Bertz CT molecular complexity index is 951. The maximum absolute atomic E-state index is 12.0. The van der Waals surface area contributed by atoms with Crippen LogP contribution in [0.2, 0.25) is 0 Å². The molecule has 2 aromatic heterocycles. The number of nitrogens with one attached hydrogen (secondary N) is 2. The first-order valence-electron chi connectivity index (χ1n) is 9.31. The summed E-state index contributed by atoms with van der Waals surface area (Å²) < 4.78 is 1.75. The van der Waals surface area contributed by atoms with Crippen molar-refractivity contribution in [3.8, 4) is 5.69 Å². The minimum atomic E-state index is -0.230. The van der Waals surface area contributed by atoms with E-state index in [1.165, 1.54) is 11.3 Å². The van der Waals surface area contributed by atoms with Gasteiger partial charge < -0.3 is 10.6 Å². The van der Waals surface area contributed by atoms with Gasteiger partial charge in [-0.25, -0.2) is 4.68 Å². The third-order valence-corrected chi connectivity index (χ3v) is 5.11. The summed E-state index contributed by atoms with van der Waals surface area (Å²) in [4.78, 5) is 36.3. The molecule has 2 heterocycles. The molecule has 2 N–H and O–H groups in total. The maximum atomic E-state index is 12.0. The molecule has 0 fully saturated rings. The molecule has 0 spiro atoms. The Kier molecular flexibility index (Phi) is 7.29. The van der Waals surface area contributed by atoms with Crippen molar-refractivity contribution >= 4 is 28.9 Å². The third kappa shape index (κ3) is 6.39. The average Bonchev–Trinajstić information content (AvgIpc) is 3.43. The van der Waals surface area contributed by atoms with Crippen LogP contribution >= 0.6 is 11.3 Å². The van der Waals surface area contributed by atoms with Crippen molar-refractivity contribution < 1.29 is 14.4 Å². The molecule has 1 aromatic carbocycles. The van der Waals surface area contributed by atoms with E-state index in [0.29, 0.717) is 11.4 Å². The Hall–Kier alpha value is -3.26. The highest BCUT2D eigenvalue weighted by atomic mass is 32.1. The molecule has 0 unspecified atom stereocenters. The van der Waals surface area contributed by atoms with Crippen molar-refractivity contribution in [3.63, 3.8) is 0 Å². The van der Waals surface area contributed by atoms with Crippen LogP contribution in [-0.2, 0) is 16.1 Å². The number of para-hydroxylation sites is 1. The van der Waals surface area contributed by atoms with Gasteiger partial charge in [0.05, 0.1) is 16.8 Å². The lowest BCUT2D eigenvalue weighted by atomic mass is 10.2. The van der Waals surface area contributed by atoms with Gasteiger partial charge in [0.15, 0.2) is 5.78 Å². The SMILES string of the molecule is O=C(CCC(=O)c1cccs1)NCCC(=O)NCc1cnn(-c2ccccc2)c1. The van der Waals surface area contributed by atoms with Gasteiger partial charge in [-0.15, -0.1) is 11.3 Å². The number of thiophene rings is 1. The van der Waals surface area contributed by atoms with Crippen LogP contribution in [0.15, 0.2) is 60.2 Å². The molecule has 2 amide bonds. The standard InChI is InChI=1S/C21H22N4O3S/c26-18(19-7-4-12-29-19)8-9-20(27)22-11-10-21(28)23-13-16-14-24-25(15-16)17-5-2-1-3-6-17/h1-7,12,14-15H,8-11,13H2,(H,22,27)(H,23,28). The topological polar surface area (TPSA) is 93.1 Å². The van der Waals surface area contributed by atoms with E-state index in [0.717, 1.165) is 11.3 Å². The summed E-state index contributed by atoms with van der Waals surface area (Å²) in [5.41, 5.74) is 1.84. The first-order chi connectivity index (χ1) is 14.1. The Morgan fingerprint density at radius 1 is 0.931 bits per heavy atom. The molecule has 0 aliphatic rings. The molecule has 0 bridgehead atoms. The number of nitrogens with zero attached hydrogens (tertiary/aromatic N) is 2. The number of rotatable bonds is 10. The smallest absolute Gasteiger partial charge is 0.222 e. The molecule has 0 saturated heterocycles. The predicted octanol–water partition coefficient (Wildman–Crippen LogP) is 2.72. The minimum absolute atomic E-state index is 0.0380. The van der Waals surface area contributed by atoms with Crippen LogP contribution in [-0.4, -0.2) is 33.9 Å². The molecule has 3 aromatic rings. The summed E-state index contributed by atoms with van der Waals surface area (Å²) in [6, 6.07) is 13.3. The Labute approximate surface area is 172 Å². The lowest BCUT2D eigenvalue weighted by molar-refractivity contribution is -0.122. The molecule has 0 aliphatic heterocycles. The number of benzene rings is 1. The molecule has 29 heavy (non-hydrogen) atoms. The van der Waals surface area contributed by atoms with Gasteiger partial charge in [0.2, 0.25) is 11.8 Å². The average molecular weight is 410 g/mol. The number of carbonyl (C=O) groups is 3. The monoisotopic (exact) mass is 410 g/mol. The number of aromatic nitrogens is 2. The van der Waals surface area contributed by atoms with Gasteiger partial charge in [-0.05, 0) is 23.6 Å². The quantitative estimate of drug-likeness (QED) is 0.503. The van der Waals surface area contributed by atoms with Gasteiger partial charge in [0.1, 0.15) is 0 Å². The maximum Gasteiger partial charge on any atom is 0.222 e. The first-order valence-corrected chi connectivity index (χ1v) is 10.2.